The van der Waals surface area contributed by atoms with Crippen LogP contribution in [0.2, 0.25) is 0 Å². The third kappa shape index (κ3) is 5.43. The van der Waals surface area contributed by atoms with E-state index in [1.807, 2.05) is 62.5 Å². The van der Waals surface area contributed by atoms with Crippen LogP contribution in [0.1, 0.15) is 28.5 Å². The van der Waals surface area contributed by atoms with E-state index >= 15 is 0 Å². The SMILES string of the molecule is Cc1ccc(C(=O)Nc2cccc(SC(C)C(=O)Nc3nc(C)cs3)c2)cc1. The zero-order valence-corrected chi connectivity index (χ0v) is 17.5. The first-order chi connectivity index (χ1) is 13.4. The number of nitrogens with one attached hydrogen (secondary N) is 2. The number of thiazole rings is 1. The quantitative estimate of drug-likeness (QED) is 0.552. The van der Waals surface area contributed by atoms with Crippen molar-refractivity contribution in [2.24, 2.45) is 0 Å². The van der Waals surface area contributed by atoms with Crippen molar-refractivity contribution in [2.45, 2.75) is 30.9 Å². The standard InChI is InChI=1S/C21H21N3O2S2/c1-13-7-9-16(10-8-13)20(26)23-17-5-4-6-18(11-17)28-15(3)19(25)24-21-22-14(2)12-27-21/h4-12,15H,1-3H3,(H,23,26)(H,22,24,25). The van der Waals surface area contributed by atoms with Crippen molar-refractivity contribution in [3.8, 4) is 0 Å². The summed E-state index contributed by atoms with van der Waals surface area (Å²) in [7, 11) is 0. The Labute approximate surface area is 172 Å². The first-order valence-corrected chi connectivity index (χ1v) is 10.5. The highest BCUT2D eigenvalue weighted by molar-refractivity contribution is 8.00. The van der Waals surface area contributed by atoms with Gasteiger partial charge in [-0.25, -0.2) is 4.98 Å². The number of amides is 2. The Hall–Kier alpha value is -2.64. The maximum absolute atomic E-state index is 12.4. The fourth-order valence-corrected chi connectivity index (χ4v) is 4.05. The molecule has 7 heteroatoms. The number of thioether (sulfide) groups is 1. The van der Waals surface area contributed by atoms with Crippen molar-refractivity contribution in [2.75, 3.05) is 10.6 Å². The molecule has 0 aliphatic carbocycles. The minimum absolute atomic E-state index is 0.103. The van der Waals surface area contributed by atoms with Gasteiger partial charge in [-0.3, -0.25) is 9.59 Å². The summed E-state index contributed by atoms with van der Waals surface area (Å²) < 4.78 is 0. The highest BCUT2D eigenvalue weighted by Crippen LogP contribution is 2.27. The van der Waals surface area contributed by atoms with E-state index in [2.05, 4.69) is 15.6 Å². The molecule has 5 nitrogen and oxygen atoms in total. The van der Waals surface area contributed by atoms with Crippen LogP contribution >= 0.6 is 23.1 Å². The van der Waals surface area contributed by atoms with Crippen LogP contribution in [0, 0.1) is 13.8 Å². The van der Waals surface area contributed by atoms with E-state index in [-0.39, 0.29) is 17.1 Å². The van der Waals surface area contributed by atoms with Gasteiger partial charge in [0.2, 0.25) is 5.91 Å². The van der Waals surface area contributed by atoms with E-state index in [4.69, 9.17) is 0 Å². The molecule has 28 heavy (non-hydrogen) atoms. The second-order valence-electron chi connectivity index (χ2n) is 6.39. The van der Waals surface area contributed by atoms with E-state index in [0.717, 1.165) is 16.2 Å². The Bertz CT molecular complexity index is 983. The summed E-state index contributed by atoms with van der Waals surface area (Å²) in [6.07, 6.45) is 0. The third-order valence-electron chi connectivity index (χ3n) is 3.94. The van der Waals surface area contributed by atoms with Gasteiger partial charge < -0.3 is 10.6 Å². The Kier molecular flexibility index (Phi) is 6.49. The number of aromatic nitrogens is 1. The summed E-state index contributed by atoms with van der Waals surface area (Å²) in [5.41, 5.74) is 3.29. The largest absolute Gasteiger partial charge is 0.322 e. The normalized spacial score (nSPS) is 11.7. The molecule has 3 aromatic rings. The first-order valence-electron chi connectivity index (χ1n) is 8.78. The molecule has 2 amide bonds. The number of benzene rings is 2. The van der Waals surface area contributed by atoms with Crippen molar-refractivity contribution >= 4 is 45.7 Å². The van der Waals surface area contributed by atoms with Crippen molar-refractivity contribution in [3.05, 3.63) is 70.7 Å². The lowest BCUT2D eigenvalue weighted by atomic mass is 10.1. The number of hydrogen-bond donors (Lipinski definition) is 2. The van der Waals surface area contributed by atoms with Gasteiger partial charge >= 0.3 is 0 Å². The van der Waals surface area contributed by atoms with Crippen LogP contribution in [0.15, 0.2) is 58.8 Å². The van der Waals surface area contributed by atoms with Gasteiger partial charge in [0.05, 0.1) is 10.9 Å². The van der Waals surface area contributed by atoms with Gasteiger partial charge in [-0.1, -0.05) is 23.8 Å². The molecule has 144 valence electrons. The van der Waals surface area contributed by atoms with E-state index < -0.39 is 0 Å². The average molecular weight is 412 g/mol. The number of rotatable bonds is 6. The lowest BCUT2D eigenvalue weighted by molar-refractivity contribution is -0.115. The van der Waals surface area contributed by atoms with E-state index in [9.17, 15) is 9.59 Å². The Morgan fingerprint density at radius 3 is 2.50 bits per heavy atom. The third-order valence-corrected chi connectivity index (χ3v) is 5.91. The summed E-state index contributed by atoms with van der Waals surface area (Å²) in [4.78, 5) is 29.9. The van der Waals surface area contributed by atoms with Crippen molar-refractivity contribution in [1.82, 2.24) is 4.98 Å². The molecule has 0 aliphatic rings. The molecule has 1 heterocycles. The molecule has 0 saturated carbocycles. The summed E-state index contributed by atoms with van der Waals surface area (Å²) in [5, 5.41) is 7.94. The first kappa shape index (κ1) is 20.1. The molecule has 2 aromatic carbocycles. The molecule has 0 radical (unpaired) electrons. The van der Waals surface area contributed by atoms with Gasteiger partial charge in [-0.15, -0.1) is 23.1 Å². The summed E-state index contributed by atoms with van der Waals surface area (Å²) in [5.74, 6) is -0.263. The number of anilines is 2. The molecule has 2 N–H and O–H groups in total. The van der Waals surface area contributed by atoms with Crippen LogP contribution in [0.25, 0.3) is 0 Å². The summed E-state index contributed by atoms with van der Waals surface area (Å²) >= 11 is 2.84. The number of hydrogen-bond acceptors (Lipinski definition) is 5. The van der Waals surface area contributed by atoms with Gasteiger partial charge in [0.15, 0.2) is 5.13 Å². The van der Waals surface area contributed by atoms with Crippen LogP contribution < -0.4 is 10.6 Å². The highest BCUT2D eigenvalue weighted by Gasteiger charge is 2.16. The van der Waals surface area contributed by atoms with Gasteiger partial charge in [0.1, 0.15) is 0 Å². The van der Waals surface area contributed by atoms with Crippen molar-refractivity contribution in [3.63, 3.8) is 0 Å². The van der Waals surface area contributed by atoms with Crippen LogP contribution in [-0.4, -0.2) is 22.0 Å². The molecule has 0 bridgehead atoms. The lowest BCUT2D eigenvalue weighted by Gasteiger charge is -2.12. The topological polar surface area (TPSA) is 71.1 Å². The molecule has 1 unspecified atom stereocenters. The van der Waals surface area contributed by atoms with Crippen LogP contribution in [0.5, 0.6) is 0 Å². The summed E-state index contributed by atoms with van der Waals surface area (Å²) in [6.45, 7) is 5.72. The molecule has 1 atom stereocenters. The number of carbonyl (C=O) groups is 2. The molecule has 3 rings (SSSR count). The van der Waals surface area contributed by atoms with E-state index in [1.54, 1.807) is 12.1 Å². The predicted octanol–water partition coefficient (Wildman–Crippen LogP) is 5.13. The maximum atomic E-state index is 12.4. The summed E-state index contributed by atoms with van der Waals surface area (Å²) in [6, 6.07) is 14.9. The monoisotopic (exact) mass is 411 g/mol. The van der Waals surface area contributed by atoms with Gasteiger partial charge in [0.25, 0.3) is 5.91 Å². The zero-order chi connectivity index (χ0) is 20.1. The van der Waals surface area contributed by atoms with E-state index in [1.165, 1.54) is 23.1 Å². The second kappa shape index (κ2) is 9.03. The zero-order valence-electron chi connectivity index (χ0n) is 15.9. The van der Waals surface area contributed by atoms with Crippen LogP contribution in [0.3, 0.4) is 0 Å². The molecule has 0 saturated heterocycles. The molecule has 0 aliphatic heterocycles. The fourth-order valence-electron chi connectivity index (χ4n) is 2.43. The minimum atomic E-state index is -0.299. The highest BCUT2D eigenvalue weighted by atomic mass is 32.2. The lowest BCUT2D eigenvalue weighted by Crippen LogP contribution is -2.22. The Balaban J connectivity index is 1.61. The molecule has 0 spiro atoms. The van der Waals surface area contributed by atoms with E-state index in [0.29, 0.717) is 16.4 Å². The fraction of sp³-hybridized carbons (Fsp3) is 0.190. The predicted molar refractivity (Wildman–Crippen MR) is 116 cm³/mol. The van der Waals surface area contributed by atoms with Gasteiger partial charge in [-0.2, -0.15) is 0 Å². The molecular formula is C21H21N3O2S2. The van der Waals surface area contributed by atoms with Crippen molar-refractivity contribution in [1.29, 1.82) is 0 Å². The Morgan fingerprint density at radius 1 is 1.07 bits per heavy atom. The molecule has 1 aromatic heterocycles. The van der Waals surface area contributed by atoms with Gasteiger partial charge in [0, 0.05) is 21.5 Å². The average Bonchev–Trinajstić information content (AvgIpc) is 3.07. The van der Waals surface area contributed by atoms with Gasteiger partial charge in [-0.05, 0) is 51.1 Å². The van der Waals surface area contributed by atoms with Crippen LogP contribution in [0.4, 0.5) is 10.8 Å². The van der Waals surface area contributed by atoms with Crippen molar-refractivity contribution < 1.29 is 9.59 Å². The number of carbonyl (C=O) groups excluding carboxylic acids is 2. The minimum Gasteiger partial charge on any atom is -0.322 e. The smallest absolute Gasteiger partial charge is 0.255 e. The maximum Gasteiger partial charge on any atom is 0.255 e. The Morgan fingerprint density at radius 2 is 1.82 bits per heavy atom. The van der Waals surface area contributed by atoms with Crippen LogP contribution in [-0.2, 0) is 4.79 Å². The number of aryl methyl sites for hydroxylation is 2. The number of nitrogens with zero attached hydrogens (tertiary/aromatic N) is 1. The molecule has 0 fully saturated rings. The molecular weight excluding hydrogens is 390 g/mol. The second-order valence-corrected chi connectivity index (χ2v) is 8.66.